The summed E-state index contributed by atoms with van der Waals surface area (Å²) >= 11 is 0. The number of nitrogens with zero attached hydrogens (tertiary/aromatic N) is 4. The van der Waals surface area contributed by atoms with Gasteiger partial charge in [0.25, 0.3) is 0 Å². The maximum Gasteiger partial charge on any atom is 0.145 e. The summed E-state index contributed by atoms with van der Waals surface area (Å²) in [4.78, 5) is 15.7. The van der Waals surface area contributed by atoms with Gasteiger partial charge in [-0.3, -0.25) is 9.55 Å². The Morgan fingerprint density at radius 2 is 0.982 bits per heavy atom. The van der Waals surface area contributed by atoms with E-state index in [1.807, 2.05) is 18.3 Å². The molecule has 9 aromatic rings. The molecule has 0 bridgehead atoms. The number of aromatic nitrogens is 4. The number of benzene rings is 6. The molecule has 55 heavy (non-hydrogen) atoms. The molecule has 4 nitrogen and oxygen atoms in total. The highest BCUT2D eigenvalue weighted by molar-refractivity contribution is 6.08. The Bertz CT molecular complexity index is 3020. The average molecular weight is 707 g/mol. The Balaban J connectivity index is 1.10. The third-order valence-electron chi connectivity index (χ3n) is 12.3. The van der Waals surface area contributed by atoms with E-state index >= 15 is 0 Å². The van der Waals surface area contributed by atoms with Crippen LogP contribution in [0.3, 0.4) is 0 Å². The number of imidazole rings is 1. The Morgan fingerprint density at radius 3 is 1.65 bits per heavy atom. The van der Waals surface area contributed by atoms with E-state index in [0.717, 1.165) is 50.4 Å². The van der Waals surface area contributed by atoms with E-state index in [0.29, 0.717) is 0 Å². The van der Waals surface area contributed by atoms with Crippen LogP contribution in [0.15, 0.2) is 158 Å². The monoisotopic (exact) mass is 706 g/mol. The topological polar surface area (TPSA) is 43.6 Å². The van der Waals surface area contributed by atoms with Crippen molar-refractivity contribution in [3.05, 3.63) is 180 Å². The van der Waals surface area contributed by atoms with Crippen molar-refractivity contribution in [1.29, 1.82) is 0 Å². The standard InChI is InChI=1S/C51H38N4/c1-50(2)40-17-10-8-15-36(40)38-26-24-33(29-42(38)50)31-20-22-32(23-21-31)49-54-47-46-44(19-12-28-52-46)53-45(48(47)55(49)35-13-6-5-7-14-35)34-25-27-39-37-16-9-11-18-41(37)51(3,4)43(39)30-34/h5-30H,1-4H3. The minimum absolute atomic E-state index is 0.0520. The van der Waals surface area contributed by atoms with Crippen LogP contribution in [0.5, 0.6) is 0 Å². The van der Waals surface area contributed by atoms with Crippen LogP contribution in [0, 0.1) is 0 Å². The Morgan fingerprint density at radius 1 is 0.436 bits per heavy atom. The van der Waals surface area contributed by atoms with Gasteiger partial charge < -0.3 is 0 Å². The summed E-state index contributed by atoms with van der Waals surface area (Å²) in [5, 5.41) is 0. The fourth-order valence-corrected chi connectivity index (χ4v) is 9.42. The highest BCUT2D eigenvalue weighted by Crippen LogP contribution is 2.51. The highest BCUT2D eigenvalue weighted by Gasteiger charge is 2.37. The second kappa shape index (κ2) is 11.4. The summed E-state index contributed by atoms with van der Waals surface area (Å²) in [6, 6.07) is 54.8. The van der Waals surface area contributed by atoms with E-state index in [4.69, 9.17) is 15.0 Å². The molecule has 0 amide bonds. The third kappa shape index (κ3) is 4.55. The van der Waals surface area contributed by atoms with Crippen molar-refractivity contribution in [3.63, 3.8) is 0 Å². The largest absolute Gasteiger partial charge is 0.290 e. The SMILES string of the molecule is CC1(C)c2ccccc2-c2ccc(-c3ccc(-c4nc5c6ncccc6nc(-c6ccc7c(c6)C(C)(C)c6ccccc6-7)c5n4-c4ccccc4)cc3)cc21. The minimum Gasteiger partial charge on any atom is -0.290 e. The minimum atomic E-state index is -0.134. The van der Waals surface area contributed by atoms with Crippen LogP contribution in [-0.4, -0.2) is 19.5 Å². The molecule has 4 heteroatoms. The predicted octanol–water partition coefficient (Wildman–Crippen LogP) is 12.6. The van der Waals surface area contributed by atoms with E-state index in [1.165, 1.54) is 55.6 Å². The van der Waals surface area contributed by atoms with E-state index < -0.39 is 0 Å². The summed E-state index contributed by atoms with van der Waals surface area (Å²) in [5.41, 5.74) is 20.3. The molecule has 0 unspecified atom stereocenters. The van der Waals surface area contributed by atoms with Crippen molar-refractivity contribution in [2.75, 3.05) is 0 Å². The van der Waals surface area contributed by atoms with Gasteiger partial charge >= 0.3 is 0 Å². The first kappa shape index (κ1) is 31.8. The summed E-state index contributed by atoms with van der Waals surface area (Å²) in [6.45, 7) is 9.33. The molecule has 2 aliphatic carbocycles. The third-order valence-corrected chi connectivity index (χ3v) is 12.3. The number of rotatable bonds is 4. The molecule has 0 spiro atoms. The normalized spacial score (nSPS) is 14.5. The first-order valence-corrected chi connectivity index (χ1v) is 19.1. The molecule has 0 N–H and O–H groups in total. The molecule has 0 aliphatic heterocycles. The number of hydrogen-bond acceptors (Lipinski definition) is 3. The van der Waals surface area contributed by atoms with Crippen molar-refractivity contribution < 1.29 is 0 Å². The van der Waals surface area contributed by atoms with Gasteiger partial charge in [-0.15, -0.1) is 0 Å². The number of hydrogen-bond donors (Lipinski definition) is 0. The van der Waals surface area contributed by atoms with Crippen LogP contribution in [0.25, 0.3) is 83.8 Å². The van der Waals surface area contributed by atoms with Gasteiger partial charge in [-0.1, -0.05) is 143 Å². The van der Waals surface area contributed by atoms with Crippen LogP contribution in [0.1, 0.15) is 49.9 Å². The molecule has 0 saturated carbocycles. The van der Waals surface area contributed by atoms with Crippen LogP contribution in [0.2, 0.25) is 0 Å². The molecule has 3 heterocycles. The van der Waals surface area contributed by atoms with E-state index in [2.05, 4.69) is 172 Å². The lowest BCUT2D eigenvalue weighted by Crippen LogP contribution is -2.15. The van der Waals surface area contributed by atoms with E-state index in [9.17, 15) is 0 Å². The lowest BCUT2D eigenvalue weighted by Gasteiger charge is -2.22. The highest BCUT2D eigenvalue weighted by atomic mass is 15.1. The smallest absolute Gasteiger partial charge is 0.145 e. The van der Waals surface area contributed by atoms with Gasteiger partial charge in [-0.25, -0.2) is 9.97 Å². The van der Waals surface area contributed by atoms with Gasteiger partial charge in [0.1, 0.15) is 22.4 Å². The van der Waals surface area contributed by atoms with Gasteiger partial charge in [0.15, 0.2) is 0 Å². The number of pyridine rings is 2. The van der Waals surface area contributed by atoms with E-state index in [1.54, 1.807) is 0 Å². The molecule has 262 valence electrons. The van der Waals surface area contributed by atoms with Gasteiger partial charge in [0, 0.05) is 33.8 Å². The van der Waals surface area contributed by atoms with Crippen LogP contribution >= 0.6 is 0 Å². The van der Waals surface area contributed by atoms with E-state index in [-0.39, 0.29) is 10.8 Å². The number of para-hydroxylation sites is 1. The molecule has 3 aromatic heterocycles. The fraction of sp³-hybridized carbons (Fsp3) is 0.118. The maximum absolute atomic E-state index is 5.46. The molecule has 2 aliphatic rings. The zero-order valence-corrected chi connectivity index (χ0v) is 31.3. The molecular formula is C51H38N4. The van der Waals surface area contributed by atoms with Crippen molar-refractivity contribution >= 4 is 22.1 Å². The molecular weight excluding hydrogens is 669 g/mol. The van der Waals surface area contributed by atoms with Crippen LogP contribution in [0.4, 0.5) is 0 Å². The Labute approximate surface area is 320 Å². The Hall–Kier alpha value is -6.65. The second-order valence-corrected chi connectivity index (χ2v) is 16.1. The van der Waals surface area contributed by atoms with Crippen molar-refractivity contribution in [2.24, 2.45) is 0 Å². The summed E-state index contributed by atoms with van der Waals surface area (Å²) < 4.78 is 2.28. The molecule has 0 atom stereocenters. The summed E-state index contributed by atoms with van der Waals surface area (Å²) in [6.07, 6.45) is 1.84. The van der Waals surface area contributed by atoms with Crippen molar-refractivity contribution in [1.82, 2.24) is 19.5 Å². The fourth-order valence-electron chi connectivity index (χ4n) is 9.42. The zero-order chi connectivity index (χ0) is 37.1. The first-order chi connectivity index (χ1) is 26.8. The lowest BCUT2D eigenvalue weighted by atomic mass is 9.81. The van der Waals surface area contributed by atoms with Gasteiger partial charge in [0.05, 0.1) is 11.2 Å². The average Bonchev–Trinajstić information content (AvgIpc) is 3.82. The maximum atomic E-state index is 5.46. The molecule has 0 fully saturated rings. The molecule has 11 rings (SSSR count). The Kier molecular flexibility index (Phi) is 6.61. The van der Waals surface area contributed by atoms with Crippen LogP contribution in [-0.2, 0) is 10.8 Å². The van der Waals surface area contributed by atoms with Crippen molar-refractivity contribution in [2.45, 2.75) is 38.5 Å². The number of fused-ring (bicyclic) bond motifs is 9. The lowest BCUT2D eigenvalue weighted by molar-refractivity contribution is 0.660. The van der Waals surface area contributed by atoms with Gasteiger partial charge in [-0.05, 0) is 92.0 Å². The van der Waals surface area contributed by atoms with Crippen LogP contribution < -0.4 is 0 Å². The van der Waals surface area contributed by atoms with Crippen molar-refractivity contribution in [3.8, 4) is 61.7 Å². The quantitative estimate of drug-likeness (QED) is 0.183. The molecule has 0 radical (unpaired) electrons. The first-order valence-electron chi connectivity index (χ1n) is 19.1. The zero-order valence-electron chi connectivity index (χ0n) is 31.3. The summed E-state index contributed by atoms with van der Waals surface area (Å²) in [7, 11) is 0. The van der Waals surface area contributed by atoms with Gasteiger partial charge in [0.2, 0.25) is 0 Å². The molecule has 0 saturated heterocycles. The van der Waals surface area contributed by atoms with Gasteiger partial charge in [-0.2, -0.15) is 0 Å². The summed E-state index contributed by atoms with van der Waals surface area (Å²) in [5.74, 6) is 0.855. The predicted molar refractivity (Wildman–Crippen MR) is 226 cm³/mol. The second-order valence-electron chi connectivity index (χ2n) is 16.1. The molecule has 6 aromatic carbocycles.